The van der Waals surface area contributed by atoms with Gasteiger partial charge in [-0.3, -0.25) is 0 Å². The average Bonchev–Trinajstić information content (AvgIpc) is 2.96. The van der Waals surface area contributed by atoms with Crippen molar-refractivity contribution in [2.45, 2.75) is 25.8 Å². The first-order valence-electron chi connectivity index (χ1n) is 7.19. The maximum Gasteiger partial charge on any atom is 0.123 e. The van der Waals surface area contributed by atoms with E-state index in [0.29, 0.717) is 0 Å². The van der Waals surface area contributed by atoms with Crippen molar-refractivity contribution in [2.75, 3.05) is 18.6 Å². The lowest BCUT2D eigenvalue weighted by molar-refractivity contribution is 0.614. The van der Waals surface area contributed by atoms with Gasteiger partial charge >= 0.3 is 0 Å². The fraction of sp³-hybridized carbons (Fsp3) is 0.438. The average molecular weight is 324 g/mol. The number of hydrogen-bond acceptors (Lipinski definition) is 4. The highest BCUT2D eigenvalue weighted by atomic mass is 32.2. The van der Waals surface area contributed by atoms with Gasteiger partial charge in [-0.2, -0.15) is 11.8 Å². The standard InChI is InChI=1S/C16H21FN2S2/c1-20-10-4-2-3-9-18-11-15-12-21-16(19-15)13-5-7-14(17)8-6-13/h5-8,12,18H,2-4,9-11H2,1H3. The van der Waals surface area contributed by atoms with Crippen molar-refractivity contribution in [2.24, 2.45) is 0 Å². The molecule has 0 radical (unpaired) electrons. The molecule has 1 heterocycles. The Bertz CT molecular complexity index is 525. The molecule has 1 aromatic heterocycles. The molecule has 0 amide bonds. The third-order valence-corrected chi connectivity index (χ3v) is 4.79. The first-order valence-corrected chi connectivity index (χ1v) is 9.47. The second kappa shape index (κ2) is 9.18. The molecule has 2 nitrogen and oxygen atoms in total. The molecule has 1 aromatic carbocycles. The Morgan fingerprint density at radius 2 is 2.00 bits per heavy atom. The summed E-state index contributed by atoms with van der Waals surface area (Å²) in [5, 5.41) is 6.45. The minimum Gasteiger partial charge on any atom is -0.311 e. The maximum atomic E-state index is 12.9. The molecule has 0 aliphatic heterocycles. The zero-order chi connectivity index (χ0) is 14.9. The molecule has 0 aliphatic carbocycles. The second-order valence-electron chi connectivity index (χ2n) is 4.88. The molecule has 2 aromatic rings. The molecule has 0 unspecified atom stereocenters. The quantitative estimate of drug-likeness (QED) is 0.684. The van der Waals surface area contributed by atoms with Crippen LogP contribution >= 0.6 is 23.1 Å². The molecule has 21 heavy (non-hydrogen) atoms. The van der Waals surface area contributed by atoms with Crippen LogP contribution in [-0.2, 0) is 6.54 Å². The summed E-state index contributed by atoms with van der Waals surface area (Å²) in [6, 6.07) is 6.50. The van der Waals surface area contributed by atoms with Crippen molar-refractivity contribution in [1.82, 2.24) is 10.3 Å². The molecular weight excluding hydrogens is 303 g/mol. The van der Waals surface area contributed by atoms with Crippen molar-refractivity contribution >= 4 is 23.1 Å². The normalized spacial score (nSPS) is 11.0. The summed E-state index contributed by atoms with van der Waals surface area (Å²) in [6.07, 6.45) is 5.95. The van der Waals surface area contributed by atoms with Crippen LogP contribution < -0.4 is 5.32 Å². The van der Waals surface area contributed by atoms with Gasteiger partial charge < -0.3 is 5.32 Å². The number of unbranched alkanes of at least 4 members (excludes halogenated alkanes) is 2. The van der Waals surface area contributed by atoms with Crippen molar-refractivity contribution in [3.05, 3.63) is 41.2 Å². The third-order valence-electron chi connectivity index (χ3n) is 3.15. The van der Waals surface area contributed by atoms with Crippen LogP contribution in [0.25, 0.3) is 10.6 Å². The largest absolute Gasteiger partial charge is 0.311 e. The lowest BCUT2D eigenvalue weighted by Crippen LogP contribution is -2.14. The van der Waals surface area contributed by atoms with Gasteiger partial charge in [-0.05, 0) is 55.7 Å². The van der Waals surface area contributed by atoms with Gasteiger partial charge in [0.1, 0.15) is 10.8 Å². The number of thiazole rings is 1. The highest BCUT2D eigenvalue weighted by molar-refractivity contribution is 7.98. The van der Waals surface area contributed by atoms with Crippen LogP contribution in [0.4, 0.5) is 4.39 Å². The third kappa shape index (κ3) is 5.77. The number of benzene rings is 1. The Morgan fingerprint density at radius 1 is 1.19 bits per heavy atom. The van der Waals surface area contributed by atoms with E-state index in [4.69, 9.17) is 0 Å². The lowest BCUT2D eigenvalue weighted by atomic mass is 10.2. The molecule has 0 atom stereocenters. The van der Waals surface area contributed by atoms with Gasteiger partial charge in [0, 0.05) is 17.5 Å². The molecule has 0 fully saturated rings. The van der Waals surface area contributed by atoms with Crippen LogP contribution in [-0.4, -0.2) is 23.5 Å². The van der Waals surface area contributed by atoms with E-state index in [2.05, 4.69) is 21.9 Å². The van der Waals surface area contributed by atoms with Crippen molar-refractivity contribution in [3.63, 3.8) is 0 Å². The van der Waals surface area contributed by atoms with E-state index in [9.17, 15) is 4.39 Å². The summed E-state index contributed by atoms with van der Waals surface area (Å²) in [7, 11) is 0. The van der Waals surface area contributed by atoms with E-state index in [-0.39, 0.29) is 5.82 Å². The Hall–Kier alpha value is -0.910. The number of nitrogens with zero attached hydrogens (tertiary/aromatic N) is 1. The number of aromatic nitrogens is 1. The smallest absolute Gasteiger partial charge is 0.123 e. The van der Waals surface area contributed by atoms with E-state index in [1.807, 2.05) is 11.8 Å². The zero-order valence-corrected chi connectivity index (χ0v) is 13.9. The van der Waals surface area contributed by atoms with Gasteiger partial charge in [0.25, 0.3) is 0 Å². The number of hydrogen-bond donors (Lipinski definition) is 1. The van der Waals surface area contributed by atoms with Crippen LogP contribution in [0.15, 0.2) is 29.6 Å². The minimum atomic E-state index is -0.210. The van der Waals surface area contributed by atoms with Crippen LogP contribution in [0.5, 0.6) is 0 Å². The van der Waals surface area contributed by atoms with Gasteiger partial charge in [0.15, 0.2) is 0 Å². The summed E-state index contributed by atoms with van der Waals surface area (Å²) >= 11 is 3.52. The van der Waals surface area contributed by atoms with Crippen LogP contribution in [0.1, 0.15) is 25.0 Å². The Labute approximate surface area is 134 Å². The number of nitrogens with one attached hydrogen (secondary N) is 1. The summed E-state index contributed by atoms with van der Waals surface area (Å²) in [5.41, 5.74) is 2.04. The molecule has 1 N–H and O–H groups in total. The van der Waals surface area contributed by atoms with E-state index < -0.39 is 0 Å². The number of thioether (sulfide) groups is 1. The second-order valence-corrected chi connectivity index (χ2v) is 6.72. The van der Waals surface area contributed by atoms with Gasteiger partial charge in [-0.15, -0.1) is 11.3 Å². The van der Waals surface area contributed by atoms with E-state index >= 15 is 0 Å². The Kier molecular flexibility index (Phi) is 7.19. The van der Waals surface area contributed by atoms with Gasteiger partial charge in [0.2, 0.25) is 0 Å². The monoisotopic (exact) mass is 324 g/mol. The fourth-order valence-corrected chi connectivity index (χ4v) is 3.32. The zero-order valence-electron chi connectivity index (χ0n) is 12.3. The molecule has 0 saturated carbocycles. The van der Waals surface area contributed by atoms with Crippen molar-refractivity contribution in [3.8, 4) is 10.6 Å². The predicted molar refractivity (Wildman–Crippen MR) is 91.4 cm³/mol. The lowest BCUT2D eigenvalue weighted by Gasteiger charge is -2.02. The maximum absolute atomic E-state index is 12.9. The Morgan fingerprint density at radius 3 is 2.76 bits per heavy atom. The van der Waals surface area contributed by atoms with Crippen LogP contribution in [0.3, 0.4) is 0 Å². The summed E-state index contributed by atoms with van der Waals surface area (Å²) in [4.78, 5) is 4.59. The first-order chi connectivity index (χ1) is 10.3. The first kappa shape index (κ1) is 16.5. The van der Waals surface area contributed by atoms with Gasteiger partial charge in [-0.25, -0.2) is 9.37 Å². The van der Waals surface area contributed by atoms with E-state index in [1.165, 1.54) is 37.1 Å². The SMILES string of the molecule is CSCCCCCNCc1csc(-c2ccc(F)cc2)n1. The molecule has 0 aliphatic rings. The molecular formula is C16H21FN2S2. The molecule has 0 saturated heterocycles. The minimum absolute atomic E-state index is 0.210. The summed E-state index contributed by atoms with van der Waals surface area (Å²) in [6.45, 7) is 1.85. The highest BCUT2D eigenvalue weighted by Crippen LogP contribution is 2.23. The number of rotatable bonds is 9. The highest BCUT2D eigenvalue weighted by Gasteiger charge is 2.04. The van der Waals surface area contributed by atoms with Gasteiger partial charge in [0.05, 0.1) is 5.69 Å². The molecule has 0 bridgehead atoms. The molecule has 0 spiro atoms. The van der Waals surface area contributed by atoms with Crippen LogP contribution in [0, 0.1) is 5.82 Å². The molecule has 5 heteroatoms. The van der Waals surface area contributed by atoms with Crippen LogP contribution in [0.2, 0.25) is 0 Å². The molecule has 2 rings (SSSR count). The summed E-state index contributed by atoms with van der Waals surface area (Å²) in [5.74, 6) is 1.05. The fourth-order valence-electron chi connectivity index (χ4n) is 2.00. The predicted octanol–water partition coefficient (Wildman–Crippen LogP) is 4.57. The van der Waals surface area contributed by atoms with E-state index in [1.54, 1.807) is 23.5 Å². The number of halogens is 1. The molecule has 114 valence electrons. The topological polar surface area (TPSA) is 24.9 Å². The van der Waals surface area contributed by atoms with Crippen molar-refractivity contribution < 1.29 is 4.39 Å². The summed E-state index contributed by atoms with van der Waals surface area (Å²) < 4.78 is 12.9. The van der Waals surface area contributed by atoms with Crippen molar-refractivity contribution in [1.29, 1.82) is 0 Å². The van der Waals surface area contributed by atoms with E-state index in [0.717, 1.165) is 29.4 Å². The van der Waals surface area contributed by atoms with Gasteiger partial charge in [-0.1, -0.05) is 6.42 Å². The Balaban J connectivity index is 1.72.